The summed E-state index contributed by atoms with van der Waals surface area (Å²) in [5, 5.41) is 12.2. The van der Waals surface area contributed by atoms with Crippen LogP contribution in [-0.2, 0) is 0 Å². The number of carbonyl (C=O) groups excluding carboxylic acids is 1. The molecular weight excluding hydrogens is 280 g/mol. The van der Waals surface area contributed by atoms with Crippen LogP contribution in [0.4, 0.5) is 10.6 Å². The first-order chi connectivity index (χ1) is 10.8. The summed E-state index contributed by atoms with van der Waals surface area (Å²) < 4.78 is 0. The SMILES string of the molecule is CCCNC(=O)Nc1ccc2ncc(-c3cn[nH]c3)cc2n1. The van der Waals surface area contributed by atoms with E-state index in [1.54, 1.807) is 24.7 Å². The molecule has 3 aromatic heterocycles. The summed E-state index contributed by atoms with van der Waals surface area (Å²) in [6.45, 7) is 2.63. The molecule has 3 rings (SSSR count). The highest BCUT2D eigenvalue weighted by Gasteiger charge is 2.06. The normalized spacial score (nSPS) is 10.6. The van der Waals surface area contributed by atoms with Gasteiger partial charge in [0, 0.05) is 30.1 Å². The Kier molecular flexibility index (Phi) is 3.95. The van der Waals surface area contributed by atoms with E-state index in [0.29, 0.717) is 17.9 Å². The minimum Gasteiger partial charge on any atom is -0.338 e. The Morgan fingerprint density at radius 3 is 2.91 bits per heavy atom. The summed E-state index contributed by atoms with van der Waals surface area (Å²) in [6, 6.07) is 5.23. The smallest absolute Gasteiger partial charge is 0.320 e. The Balaban J connectivity index is 1.86. The molecule has 7 heteroatoms. The topological polar surface area (TPSA) is 95.6 Å². The van der Waals surface area contributed by atoms with Gasteiger partial charge in [-0.1, -0.05) is 6.92 Å². The van der Waals surface area contributed by atoms with Gasteiger partial charge >= 0.3 is 6.03 Å². The van der Waals surface area contributed by atoms with Crippen LogP contribution >= 0.6 is 0 Å². The lowest BCUT2D eigenvalue weighted by Gasteiger charge is -2.07. The molecular formula is C15H16N6O. The standard InChI is InChI=1S/C15H16N6O/c1-2-5-16-15(22)21-14-4-3-12-13(20-14)6-10(7-17-12)11-8-18-19-9-11/h3-4,6-9H,2,5H2,1H3,(H,18,19)(H2,16,20,21,22). The molecule has 0 spiro atoms. The summed E-state index contributed by atoms with van der Waals surface area (Å²) in [6.07, 6.45) is 6.18. The first-order valence-corrected chi connectivity index (χ1v) is 7.07. The van der Waals surface area contributed by atoms with Gasteiger partial charge < -0.3 is 5.32 Å². The molecule has 0 aromatic carbocycles. The van der Waals surface area contributed by atoms with E-state index in [2.05, 4.69) is 30.8 Å². The summed E-state index contributed by atoms with van der Waals surface area (Å²) in [7, 11) is 0. The second-order valence-electron chi connectivity index (χ2n) is 4.83. The fourth-order valence-electron chi connectivity index (χ4n) is 2.04. The van der Waals surface area contributed by atoms with Crippen molar-refractivity contribution in [1.29, 1.82) is 0 Å². The van der Waals surface area contributed by atoms with Crippen LogP contribution in [0.25, 0.3) is 22.2 Å². The summed E-state index contributed by atoms with van der Waals surface area (Å²) in [4.78, 5) is 20.5. The van der Waals surface area contributed by atoms with Crippen molar-refractivity contribution in [2.45, 2.75) is 13.3 Å². The molecule has 0 radical (unpaired) electrons. The molecule has 0 fully saturated rings. The van der Waals surface area contributed by atoms with E-state index in [-0.39, 0.29) is 6.03 Å². The lowest BCUT2D eigenvalue weighted by atomic mass is 10.1. The van der Waals surface area contributed by atoms with Gasteiger partial charge in [-0.3, -0.25) is 15.4 Å². The predicted molar refractivity (Wildman–Crippen MR) is 84.4 cm³/mol. The maximum atomic E-state index is 11.7. The number of aromatic nitrogens is 4. The molecule has 3 aromatic rings. The number of hydrogen-bond acceptors (Lipinski definition) is 4. The molecule has 0 saturated heterocycles. The number of carbonyl (C=O) groups is 1. The van der Waals surface area contributed by atoms with E-state index in [1.807, 2.05) is 19.1 Å². The lowest BCUT2D eigenvalue weighted by molar-refractivity contribution is 0.252. The van der Waals surface area contributed by atoms with E-state index in [4.69, 9.17) is 0 Å². The number of H-pyrrole nitrogens is 1. The van der Waals surface area contributed by atoms with Crippen LogP contribution in [0.2, 0.25) is 0 Å². The molecule has 0 aliphatic heterocycles. The summed E-state index contributed by atoms with van der Waals surface area (Å²) >= 11 is 0. The second-order valence-corrected chi connectivity index (χ2v) is 4.83. The third kappa shape index (κ3) is 3.03. The van der Waals surface area contributed by atoms with Gasteiger partial charge in [0.2, 0.25) is 0 Å². The van der Waals surface area contributed by atoms with Gasteiger partial charge in [0.1, 0.15) is 5.82 Å². The van der Waals surface area contributed by atoms with Crippen molar-refractivity contribution in [1.82, 2.24) is 25.5 Å². The highest BCUT2D eigenvalue weighted by molar-refractivity contribution is 5.90. The molecule has 3 heterocycles. The number of hydrogen-bond donors (Lipinski definition) is 3. The average Bonchev–Trinajstić information content (AvgIpc) is 3.06. The number of rotatable bonds is 4. The van der Waals surface area contributed by atoms with E-state index in [1.165, 1.54) is 0 Å². The Hall–Kier alpha value is -2.96. The highest BCUT2D eigenvalue weighted by atomic mass is 16.2. The third-order valence-corrected chi connectivity index (χ3v) is 3.15. The number of nitrogens with zero attached hydrogens (tertiary/aromatic N) is 3. The molecule has 0 bridgehead atoms. The van der Waals surface area contributed by atoms with E-state index >= 15 is 0 Å². The van der Waals surface area contributed by atoms with Crippen molar-refractivity contribution >= 4 is 22.9 Å². The fraction of sp³-hybridized carbons (Fsp3) is 0.200. The molecule has 112 valence electrons. The lowest BCUT2D eigenvalue weighted by Crippen LogP contribution is -2.29. The van der Waals surface area contributed by atoms with Crippen LogP contribution in [0.15, 0.2) is 36.8 Å². The van der Waals surface area contributed by atoms with Crippen LogP contribution in [0, 0.1) is 0 Å². The number of pyridine rings is 2. The number of amides is 2. The van der Waals surface area contributed by atoms with Crippen molar-refractivity contribution < 1.29 is 4.79 Å². The van der Waals surface area contributed by atoms with Crippen LogP contribution in [0.1, 0.15) is 13.3 Å². The van der Waals surface area contributed by atoms with Gasteiger partial charge in [0.15, 0.2) is 0 Å². The zero-order valence-electron chi connectivity index (χ0n) is 12.1. The van der Waals surface area contributed by atoms with Gasteiger partial charge in [0.25, 0.3) is 0 Å². The van der Waals surface area contributed by atoms with Crippen LogP contribution in [0.3, 0.4) is 0 Å². The van der Waals surface area contributed by atoms with Crippen LogP contribution < -0.4 is 10.6 Å². The highest BCUT2D eigenvalue weighted by Crippen LogP contribution is 2.21. The molecule has 0 saturated carbocycles. The summed E-state index contributed by atoms with van der Waals surface area (Å²) in [5.41, 5.74) is 3.34. The minimum atomic E-state index is -0.257. The number of anilines is 1. The average molecular weight is 296 g/mol. The zero-order chi connectivity index (χ0) is 15.4. The largest absolute Gasteiger partial charge is 0.338 e. The van der Waals surface area contributed by atoms with E-state index in [9.17, 15) is 4.79 Å². The van der Waals surface area contributed by atoms with Crippen molar-refractivity contribution in [3.8, 4) is 11.1 Å². The molecule has 0 aliphatic rings. The van der Waals surface area contributed by atoms with Gasteiger partial charge in [0.05, 0.1) is 17.2 Å². The molecule has 0 aliphatic carbocycles. The van der Waals surface area contributed by atoms with Crippen LogP contribution in [-0.4, -0.2) is 32.7 Å². The zero-order valence-corrected chi connectivity index (χ0v) is 12.1. The van der Waals surface area contributed by atoms with Crippen molar-refractivity contribution in [2.24, 2.45) is 0 Å². The van der Waals surface area contributed by atoms with Gasteiger partial charge in [-0.2, -0.15) is 5.10 Å². The molecule has 22 heavy (non-hydrogen) atoms. The van der Waals surface area contributed by atoms with Crippen LogP contribution in [0.5, 0.6) is 0 Å². The molecule has 0 atom stereocenters. The molecule has 7 nitrogen and oxygen atoms in total. The quantitative estimate of drug-likeness (QED) is 0.689. The first kappa shape index (κ1) is 14.0. The fourth-order valence-corrected chi connectivity index (χ4v) is 2.04. The Morgan fingerprint density at radius 2 is 2.14 bits per heavy atom. The number of aromatic amines is 1. The Labute approximate surface area is 127 Å². The number of fused-ring (bicyclic) bond motifs is 1. The van der Waals surface area contributed by atoms with Crippen molar-refractivity contribution in [3.63, 3.8) is 0 Å². The number of urea groups is 1. The maximum Gasteiger partial charge on any atom is 0.320 e. The van der Waals surface area contributed by atoms with Crippen molar-refractivity contribution in [3.05, 3.63) is 36.8 Å². The predicted octanol–water partition coefficient (Wildman–Crippen LogP) is 2.55. The first-order valence-electron chi connectivity index (χ1n) is 7.07. The third-order valence-electron chi connectivity index (χ3n) is 3.15. The molecule has 0 unspecified atom stereocenters. The van der Waals surface area contributed by atoms with Gasteiger partial charge in [-0.05, 0) is 24.6 Å². The molecule has 3 N–H and O–H groups in total. The monoisotopic (exact) mass is 296 g/mol. The maximum absolute atomic E-state index is 11.7. The minimum absolute atomic E-state index is 0.257. The van der Waals surface area contributed by atoms with Crippen molar-refractivity contribution in [2.75, 3.05) is 11.9 Å². The summed E-state index contributed by atoms with van der Waals surface area (Å²) in [5.74, 6) is 0.493. The second kappa shape index (κ2) is 6.21. The number of nitrogens with one attached hydrogen (secondary N) is 3. The van der Waals surface area contributed by atoms with Gasteiger partial charge in [-0.15, -0.1) is 0 Å². The van der Waals surface area contributed by atoms with E-state index < -0.39 is 0 Å². The molecule has 2 amide bonds. The Bertz CT molecular complexity index is 784. The van der Waals surface area contributed by atoms with E-state index in [0.717, 1.165) is 23.1 Å². The van der Waals surface area contributed by atoms with Gasteiger partial charge in [-0.25, -0.2) is 9.78 Å². The Morgan fingerprint density at radius 1 is 1.23 bits per heavy atom.